The molecule has 0 aliphatic carbocycles. The fourth-order valence-corrected chi connectivity index (χ4v) is 0.302. The summed E-state index contributed by atoms with van der Waals surface area (Å²) in [6, 6.07) is 0. The third kappa shape index (κ3) is 3.56. The number of ketones is 1. The molecule has 2 nitrogen and oxygen atoms in total. The van der Waals surface area contributed by atoms with Gasteiger partial charge in [-0.15, -0.1) is 0 Å². The van der Waals surface area contributed by atoms with E-state index in [9.17, 15) is 4.79 Å². The molecule has 0 bridgehead atoms. The van der Waals surface area contributed by atoms with Crippen LogP contribution in [0.4, 0.5) is 0 Å². The minimum Gasteiger partial charge on any atom is -0.392 e. The maximum atomic E-state index is 10.4. The lowest BCUT2D eigenvalue weighted by Gasteiger charge is -1.80. The van der Waals surface area contributed by atoms with Crippen molar-refractivity contribution in [2.75, 3.05) is 6.61 Å². The van der Waals surface area contributed by atoms with Crippen molar-refractivity contribution < 1.29 is 9.90 Å². The zero-order valence-corrected chi connectivity index (χ0v) is 4.92. The molecular formula is C6H10O2. The van der Waals surface area contributed by atoms with Gasteiger partial charge in [0.2, 0.25) is 0 Å². The first kappa shape index (κ1) is 7.37. The average Bonchev–Trinajstić information content (AvgIpc) is 1.83. The Morgan fingerprint density at radius 3 is 2.75 bits per heavy atom. The maximum Gasteiger partial charge on any atom is 0.155 e. The van der Waals surface area contributed by atoms with E-state index < -0.39 is 0 Å². The highest BCUT2D eigenvalue weighted by Gasteiger charge is 1.85. The predicted molar refractivity (Wildman–Crippen MR) is 31.5 cm³/mol. The van der Waals surface area contributed by atoms with Crippen LogP contribution in [0.3, 0.4) is 0 Å². The maximum absolute atomic E-state index is 10.4. The van der Waals surface area contributed by atoms with Crippen molar-refractivity contribution in [2.24, 2.45) is 0 Å². The minimum atomic E-state index is -0.0499. The van der Waals surface area contributed by atoms with Gasteiger partial charge in [-0.2, -0.15) is 0 Å². The topological polar surface area (TPSA) is 37.3 Å². The number of allylic oxidation sites excluding steroid dienone is 1. The Kier molecular flexibility index (Phi) is 4.17. The molecule has 8 heavy (non-hydrogen) atoms. The molecule has 0 saturated carbocycles. The summed E-state index contributed by atoms with van der Waals surface area (Å²) in [6.07, 6.45) is 3.34. The highest BCUT2D eigenvalue weighted by atomic mass is 16.2. The normalized spacial score (nSPS) is 10.2. The highest BCUT2D eigenvalue weighted by molar-refractivity contribution is 5.89. The largest absolute Gasteiger partial charge is 0.392 e. The monoisotopic (exact) mass is 114 g/mol. The van der Waals surface area contributed by atoms with Gasteiger partial charge in [-0.1, -0.05) is 13.0 Å². The van der Waals surface area contributed by atoms with Gasteiger partial charge in [0, 0.05) is 6.42 Å². The molecule has 0 aliphatic rings. The second-order valence-electron chi connectivity index (χ2n) is 1.40. The number of hydrogen-bond donors (Lipinski definition) is 1. The van der Waals surface area contributed by atoms with Crippen LogP contribution in [-0.2, 0) is 4.79 Å². The highest BCUT2D eigenvalue weighted by Crippen LogP contribution is 1.81. The first-order valence-electron chi connectivity index (χ1n) is 2.61. The third-order valence-electron chi connectivity index (χ3n) is 0.758. The van der Waals surface area contributed by atoms with Crippen molar-refractivity contribution >= 4 is 5.78 Å². The van der Waals surface area contributed by atoms with Gasteiger partial charge >= 0.3 is 0 Å². The van der Waals surface area contributed by atoms with E-state index in [1.807, 2.05) is 0 Å². The molecule has 0 saturated heterocycles. The Hall–Kier alpha value is -0.630. The Bertz CT molecular complexity index is 94.7. The minimum absolute atomic E-state index is 0.0499. The van der Waals surface area contributed by atoms with Crippen LogP contribution in [0.25, 0.3) is 0 Å². The standard InChI is InChI=1S/C6H10O2/c1-2-6(8)4-3-5-7/h3-4,7H,2,5H2,1H3/b4-3+. The van der Waals surface area contributed by atoms with Gasteiger partial charge < -0.3 is 5.11 Å². The zero-order valence-electron chi connectivity index (χ0n) is 4.92. The summed E-state index contributed by atoms with van der Waals surface area (Å²) in [4.78, 5) is 10.4. The number of carbonyl (C=O) groups is 1. The van der Waals surface area contributed by atoms with Gasteiger partial charge in [-0.3, -0.25) is 4.79 Å². The lowest BCUT2D eigenvalue weighted by atomic mass is 10.3. The van der Waals surface area contributed by atoms with Crippen molar-refractivity contribution in [1.82, 2.24) is 0 Å². The van der Waals surface area contributed by atoms with E-state index in [-0.39, 0.29) is 12.4 Å². The van der Waals surface area contributed by atoms with E-state index in [1.54, 1.807) is 6.92 Å². The van der Waals surface area contributed by atoms with Crippen molar-refractivity contribution in [1.29, 1.82) is 0 Å². The predicted octanol–water partition coefficient (Wildman–Crippen LogP) is 0.514. The Morgan fingerprint density at radius 2 is 2.38 bits per heavy atom. The molecule has 0 spiro atoms. The van der Waals surface area contributed by atoms with Crippen molar-refractivity contribution in [2.45, 2.75) is 13.3 Å². The van der Waals surface area contributed by atoms with Crippen LogP contribution < -0.4 is 0 Å². The summed E-state index contributed by atoms with van der Waals surface area (Å²) in [5, 5.41) is 8.17. The molecule has 1 N–H and O–H groups in total. The van der Waals surface area contributed by atoms with Crippen LogP contribution in [0.2, 0.25) is 0 Å². The summed E-state index contributed by atoms with van der Waals surface area (Å²) in [7, 11) is 0. The quantitative estimate of drug-likeness (QED) is 0.543. The third-order valence-corrected chi connectivity index (χ3v) is 0.758. The van der Waals surface area contributed by atoms with E-state index in [2.05, 4.69) is 0 Å². The van der Waals surface area contributed by atoms with E-state index in [4.69, 9.17) is 5.11 Å². The number of rotatable bonds is 3. The molecule has 0 aromatic heterocycles. The SMILES string of the molecule is CCC(=O)/C=C/CO. The average molecular weight is 114 g/mol. The van der Waals surface area contributed by atoms with Crippen LogP contribution in [0.1, 0.15) is 13.3 Å². The number of aliphatic hydroxyl groups is 1. The van der Waals surface area contributed by atoms with Gasteiger partial charge in [0.15, 0.2) is 5.78 Å². The van der Waals surface area contributed by atoms with Crippen LogP contribution in [-0.4, -0.2) is 17.5 Å². The summed E-state index contributed by atoms with van der Waals surface area (Å²) in [5.74, 6) is 0.0547. The van der Waals surface area contributed by atoms with Crippen molar-refractivity contribution in [3.05, 3.63) is 12.2 Å². The Labute approximate surface area is 48.8 Å². The smallest absolute Gasteiger partial charge is 0.155 e. The Balaban J connectivity index is 3.37. The van der Waals surface area contributed by atoms with E-state index in [0.29, 0.717) is 6.42 Å². The van der Waals surface area contributed by atoms with Gasteiger partial charge in [0.1, 0.15) is 0 Å². The van der Waals surface area contributed by atoms with Gasteiger partial charge in [-0.25, -0.2) is 0 Å². The molecule has 2 heteroatoms. The summed E-state index contributed by atoms with van der Waals surface area (Å²) >= 11 is 0. The zero-order chi connectivity index (χ0) is 6.41. The Morgan fingerprint density at radius 1 is 1.75 bits per heavy atom. The molecule has 46 valence electrons. The molecule has 0 unspecified atom stereocenters. The first-order valence-corrected chi connectivity index (χ1v) is 2.61. The number of hydrogen-bond acceptors (Lipinski definition) is 2. The van der Waals surface area contributed by atoms with Crippen LogP contribution in [0, 0.1) is 0 Å². The van der Waals surface area contributed by atoms with Crippen molar-refractivity contribution in [3.8, 4) is 0 Å². The van der Waals surface area contributed by atoms with E-state index in [1.165, 1.54) is 12.2 Å². The molecule has 0 aliphatic heterocycles. The fraction of sp³-hybridized carbons (Fsp3) is 0.500. The number of aliphatic hydroxyl groups excluding tert-OH is 1. The van der Waals surface area contributed by atoms with Gasteiger partial charge in [0.25, 0.3) is 0 Å². The second-order valence-corrected chi connectivity index (χ2v) is 1.40. The van der Waals surface area contributed by atoms with Crippen LogP contribution >= 0.6 is 0 Å². The summed E-state index contributed by atoms with van der Waals surface area (Å²) in [5.41, 5.74) is 0. The molecule has 0 amide bonds. The lowest BCUT2D eigenvalue weighted by Crippen LogP contribution is -1.87. The van der Waals surface area contributed by atoms with Gasteiger partial charge in [-0.05, 0) is 6.08 Å². The molecule has 0 rings (SSSR count). The van der Waals surface area contributed by atoms with E-state index >= 15 is 0 Å². The molecule has 0 fully saturated rings. The van der Waals surface area contributed by atoms with Gasteiger partial charge in [0.05, 0.1) is 6.61 Å². The fourth-order valence-electron chi connectivity index (χ4n) is 0.302. The summed E-state index contributed by atoms with van der Waals surface area (Å²) < 4.78 is 0. The lowest BCUT2D eigenvalue weighted by molar-refractivity contribution is -0.114. The first-order chi connectivity index (χ1) is 3.81. The van der Waals surface area contributed by atoms with Crippen LogP contribution in [0.5, 0.6) is 0 Å². The molecule has 0 radical (unpaired) electrons. The van der Waals surface area contributed by atoms with Crippen molar-refractivity contribution in [3.63, 3.8) is 0 Å². The molecular weight excluding hydrogens is 104 g/mol. The molecule has 0 heterocycles. The summed E-state index contributed by atoms with van der Waals surface area (Å²) in [6.45, 7) is 1.73. The van der Waals surface area contributed by atoms with E-state index in [0.717, 1.165) is 0 Å². The van der Waals surface area contributed by atoms with Crippen LogP contribution in [0.15, 0.2) is 12.2 Å². The number of carbonyl (C=O) groups excluding carboxylic acids is 1. The molecule has 0 aromatic rings. The molecule has 0 atom stereocenters. The molecule has 0 aromatic carbocycles. The second kappa shape index (κ2) is 4.53.